The molecule has 0 aliphatic heterocycles. The van der Waals surface area contributed by atoms with Crippen LogP contribution in [0.4, 0.5) is 0 Å². The van der Waals surface area contributed by atoms with Gasteiger partial charge < -0.3 is 0 Å². The largest absolute Gasteiger partial charge is 0.281 e. The van der Waals surface area contributed by atoms with Gasteiger partial charge >= 0.3 is 0 Å². The number of hydrogen-bond acceptors (Lipinski definition) is 3. The van der Waals surface area contributed by atoms with E-state index in [1.54, 1.807) is 0 Å². The van der Waals surface area contributed by atoms with Crippen molar-refractivity contribution in [3.05, 3.63) is 0 Å². The zero-order chi connectivity index (χ0) is 11.3. The Morgan fingerprint density at radius 3 is 1.87 bits per heavy atom. The van der Waals surface area contributed by atoms with E-state index in [0.29, 0.717) is 13.2 Å². The Bertz CT molecular complexity index is 199. The van der Waals surface area contributed by atoms with Gasteiger partial charge in [-0.3, -0.25) is 13.4 Å². The van der Waals surface area contributed by atoms with Crippen molar-refractivity contribution in [2.24, 2.45) is 17.8 Å². The van der Waals surface area contributed by atoms with Crippen LogP contribution in [0.25, 0.3) is 0 Å². The molecule has 2 atom stereocenters. The summed E-state index contributed by atoms with van der Waals surface area (Å²) < 4.78 is 9.16. The maximum absolute atomic E-state index is 11.1. The Morgan fingerprint density at radius 2 is 1.53 bits per heavy atom. The van der Waals surface area contributed by atoms with E-state index in [-0.39, 0.29) is 23.0 Å². The number of hydrogen-bond donors (Lipinski definition) is 0. The van der Waals surface area contributed by atoms with Crippen LogP contribution in [0.3, 0.4) is 0 Å². The highest BCUT2D eigenvalue weighted by Gasteiger charge is 2.32. The molecule has 0 aromatic rings. The molecule has 6 heteroatoms. The lowest BCUT2D eigenvalue weighted by Gasteiger charge is -2.31. The van der Waals surface area contributed by atoms with Crippen molar-refractivity contribution in [2.75, 3.05) is 13.2 Å². The summed E-state index contributed by atoms with van der Waals surface area (Å²) in [7, 11) is 0. The van der Waals surface area contributed by atoms with Gasteiger partial charge in [0, 0.05) is 5.92 Å². The van der Waals surface area contributed by atoms with Crippen LogP contribution < -0.4 is 0 Å². The van der Waals surface area contributed by atoms with Gasteiger partial charge in [-0.05, 0) is 42.7 Å². The van der Waals surface area contributed by atoms with Crippen molar-refractivity contribution in [1.82, 2.24) is 0 Å². The van der Waals surface area contributed by atoms with Crippen molar-refractivity contribution >= 4 is 40.6 Å². The third-order valence-electron chi connectivity index (χ3n) is 2.82. The Balaban J connectivity index is 2.51. The van der Waals surface area contributed by atoms with Crippen molar-refractivity contribution in [1.29, 1.82) is 0 Å². The van der Waals surface area contributed by atoms with Gasteiger partial charge in [0.1, 0.15) is 0 Å². The quantitative estimate of drug-likeness (QED) is 0.723. The molecule has 1 rings (SSSR count). The van der Waals surface area contributed by atoms with Gasteiger partial charge in [-0.15, -0.1) is 0 Å². The van der Waals surface area contributed by atoms with Crippen molar-refractivity contribution in [2.45, 2.75) is 19.3 Å². The first kappa shape index (κ1) is 13.5. The van der Waals surface area contributed by atoms with Gasteiger partial charge in [0.2, 0.25) is 5.24 Å². The zero-order valence-electron chi connectivity index (χ0n) is 8.13. The summed E-state index contributed by atoms with van der Waals surface area (Å²) >= 11 is 15.9. The van der Waals surface area contributed by atoms with Crippen LogP contribution >= 0.6 is 35.3 Å². The van der Waals surface area contributed by atoms with Crippen molar-refractivity contribution in [3.63, 3.8) is 0 Å². The van der Waals surface area contributed by atoms with Crippen LogP contribution in [0.15, 0.2) is 0 Å². The Morgan fingerprint density at radius 1 is 1.07 bits per heavy atom. The normalized spacial score (nSPS) is 31.5. The van der Waals surface area contributed by atoms with Gasteiger partial charge in [0.15, 0.2) is 0 Å². The highest BCUT2D eigenvalue weighted by atomic mass is 35.5. The fourth-order valence-electron chi connectivity index (χ4n) is 2.20. The number of rotatable bonds is 5. The molecule has 3 nitrogen and oxygen atoms in total. The van der Waals surface area contributed by atoms with Crippen molar-refractivity contribution < 1.29 is 13.4 Å². The molecular formula is C9H13Cl3O3. The molecule has 0 heterocycles. The second-order valence-electron chi connectivity index (χ2n) is 3.99. The van der Waals surface area contributed by atoms with Crippen LogP contribution in [0, 0.1) is 17.8 Å². The maximum Gasteiger partial charge on any atom is 0.224 e. The average Bonchev–Trinajstić information content (AvgIpc) is 2.18. The minimum Gasteiger partial charge on any atom is -0.281 e. The van der Waals surface area contributed by atoms with Crippen LogP contribution in [0.5, 0.6) is 0 Å². The molecule has 0 bridgehead atoms. The number of carbonyl (C=O) groups is 1. The van der Waals surface area contributed by atoms with Gasteiger partial charge in [-0.25, -0.2) is 0 Å². The second kappa shape index (κ2) is 6.92. The molecule has 0 spiro atoms. The van der Waals surface area contributed by atoms with Crippen LogP contribution in [-0.2, 0) is 13.4 Å². The van der Waals surface area contributed by atoms with E-state index < -0.39 is 0 Å². The highest BCUT2D eigenvalue weighted by Crippen LogP contribution is 2.35. The predicted molar refractivity (Wildman–Crippen MR) is 58.8 cm³/mol. The molecule has 2 unspecified atom stereocenters. The summed E-state index contributed by atoms with van der Waals surface area (Å²) in [6.45, 7) is 0.863. The third kappa shape index (κ3) is 4.45. The van der Waals surface area contributed by atoms with Gasteiger partial charge in [-0.2, -0.15) is 0 Å². The minimum atomic E-state index is -0.297. The molecule has 0 N–H and O–H groups in total. The molecule has 15 heavy (non-hydrogen) atoms. The van der Waals surface area contributed by atoms with Crippen molar-refractivity contribution in [3.8, 4) is 0 Å². The molecule has 0 saturated heterocycles. The molecular weight excluding hydrogens is 262 g/mol. The van der Waals surface area contributed by atoms with Gasteiger partial charge in [0.05, 0.1) is 36.9 Å². The summed E-state index contributed by atoms with van der Waals surface area (Å²) in [4.78, 5) is 11.1. The van der Waals surface area contributed by atoms with Crippen LogP contribution in [0.2, 0.25) is 0 Å². The molecule has 0 amide bonds. The first-order valence-electron chi connectivity index (χ1n) is 4.83. The Hall–Kier alpha value is 0.460. The van der Waals surface area contributed by atoms with E-state index in [1.807, 2.05) is 0 Å². The zero-order valence-corrected chi connectivity index (χ0v) is 10.4. The molecule has 0 aromatic heterocycles. The summed E-state index contributed by atoms with van der Waals surface area (Å²) in [5.74, 6) is 0.371. The fraction of sp³-hybridized carbons (Fsp3) is 0.889. The SMILES string of the molecule is O=C(Cl)C1CC(COCl)CC(COCl)C1. The molecule has 1 saturated carbocycles. The predicted octanol–water partition coefficient (Wildman–Crippen LogP) is 3.13. The van der Waals surface area contributed by atoms with E-state index >= 15 is 0 Å². The Labute approximate surface area is 104 Å². The van der Waals surface area contributed by atoms with E-state index in [1.165, 1.54) is 0 Å². The topological polar surface area (TPSA) is 35.5 Å². The highest BCUT2D eigenvalue weighted by molar-refractivity contribution is 6.63. The molecule has 1 fully saturated rings. The maximum atomic E-state index is 11.1. The van der Waals surface area contributed by atoms with Gasteiger partial charge in [0.25, 0.3) is 0 Å². The van der Waals surface area contributed by atoms with E-state index in [4.69, 9.17) is 35.3 Å². The molecule has 1 aliphatic carbocycles. The summed E-state index contributed by atoms with van der Waals surface area (Å²) in [6.07, 6.45) is 2.36. The second-order valence-corrected chi connectivity index (χ2v) is 4.80. The van der Waals surface area contributed by atoms with Gasteiger partial charge in [-0.1, -0.05) is 0 Å². The first-order chi connectivity index (χ1) is 7.17. The first-order valence-corrected chi connectivity index (χ1v) is 5.83. The average molecular weight is 276 g/mol. The smallest absolute Gasteiger partial charge is 0.224 e. The number of halogens is 3. The lowest BCUT2D eigenvalue weighted by molar-refractivity contribution is -0.117. The standard InChI is InChI=1S/C9H13Cl3O3/c10-9(13)8-2-6(4-14-11)1-7(3-8)5-15-12/h6-8H,1-5H2. The van der Waals surface area contributed by atoms with E-state index in [0.717, 1.165) is 19.3 Å². The van der Waals surface area contributed by atoms with Crippen LogP contribution in [0.1, 0.15) is 19.3 Å². The lowest BCUT2D eigenvalue weighted by atomic mass is 9.76. The van der Waals surface area contributed by atoms with Crippen LogP contribution in [-0.4, -0.2) is 18.5 Å². The molecule has 0 aromatic carbocycles. The Kier molecular flexibility index (Phi) is 6.24. The lowest BCUT2D eigenvalue weighted by Crippen LogP contribution is -2.29. The van der Waals surface area contributed by atoms with E-state index in [9.17, 15) is 4.79 Å². The summed E-state index contributed by atoms with van der Waals surface area (Å²) in [5, 5.41) is -0.297. The van der Waals surface area contributed by atoms with E-state index in [2.05, 4.69) is 8.58 Å². The molecule has 0 radical (unpaired) electrons. The fourth-order valence-corrected chi connectivity index (χ4v) is 2.73. The number of carbonyl (C=O) groups excluding carboxylic acids is 1. The summed E-state index contributed by atoms with van der Waals surface area (Å²) in [5.41, 5.74) is 0. The monoisotopic (exact) mass is 274 g/mol. The minimum absolute atomic E-state index is 0.131. The summed E-state index contributed by atoms with van der Waals surface area (Å²) in [6, 6.07) is 0. The molecule has 1 aliphatic rings. The molecule has 88 valence electrons. The third-order valence-corrected chi connectivity index (χ3v) is 3.38.